The van der Waals surface area contributed by atoms with Gasteiger partial charge in [-0.1, -0.05) is 12.1 Å². The van der Waals surface area contributed by atoms with Crippen LogP contribution in [0.2, 0.25) is 0 Å². The Kier molecular flexibility index (Phi) is 3.65. The number of ether oxygens (including phenoxy) is 2. The van der Waals surface area contributed by atoms with Crippen LogP contribution in [0.25, 0.3) is 0 Å². The third-order valence-electron chi connectivity index (χ3n) is 5.49. The molecule has 24 heavy (non-hydrogen) atoms. The zero-order valence-corrected chi connectivity index (χ0v) is 14.4. The average Bonchev–Trinajstić information content (AvgIpc) is 2.60. The second-order valence-electron chi connectivity index (χ2n) is 6.77. The van der Waals surface area contributed by atoms with E-state index in [2.05, 4.69) is 24.0 Å². The SMILES string of the molecule is COc1cc2c(cc1O)[C@@H]1Cc3cccc(OC)c3CN1[C@H](C)C2. The van der Waals surface area contributed by atoms with Gasteiger partial charge in [0.25, 0.3) is 0 Å². The average molecular weight is 325 g/mol. The highest BCUT2D eigenvalue weighted by Gasteiger charge is 2.37. The minimum absolute atomic E-state index is 0.224. The van der Waals surface area contributed by atoms with Crippen molar-refractivity contribution in [2.24, 2.45) is 0 Å². The third kappa shape index (κ3) is 2.25. The molecule has 0 saturated carbocycles. The van der Waals surface area contributed by atoms with Gasteiger partial charge in [0.2, 0.25) is 0 Å². The number of hydrogen-bond acceptors (Lipinski definition) is 4. The summed E-state index contributed by atoms with van der Waals surface area (Å²) in [5.41, 5.74) is 5.14. The van der Waals surface area contributed by atoms with Crippen molar-refractivity contribution in [3.63, 3.8) is 0 Å². The minimum atomic E-state index is 0.224. The fourth-order valence-electron chi connectivity index (χ4n) is 4.26. The van der Waals surface area contributed by atoms with Crippen LogP contribution in [0.4, 0.5) is 0 Å². The molecule has 0 unspecified atom stereocenters. The molecule has 0 spiro atoms. The van der Waals surface area contributed by atoms with Crippen LogP contribution < -0.4 is 9.47 Å². The maximum Gasteiger partial charge on any atom is 0.160 e. The van der Waals surface area contributed by atoms with Crippen LogP contribution in [0, 0.1) is 0 Å². The van der Waals surface area contributed by atoms with Crippen LogP contribution >= 0.6 is 0 Å². The smallest absolute Gasteiger partial charge is 0.160 e. The first-order valence-corrected chi connectivity index (χ1v) is 8.42. The summed E-state index contributed by atoms with van der Waals surface area (Å²) in [5.74, 6) is 1.76. The fraction of sp³-hybridized carbons (Fsp3) is 0.400. The number of benzene rings is 2. The number of phenolic OH excluding ortho intramolecular Hbond substituents is 1. The van der Waals surface area contributed by atoms with Gasteiger partial charge in [-0.3, -0.25) is 4.90 Å². The molecule has 126 valence electrons. The van der Waals surface area contributed by atoms with E-state index in [0.29, 0.717) is 17.8 Å². The molecule has 4 rings (SSSR count). The molecule has 0 saturated heterocycles. The van der Waals surface area contributed by atoms with Crippen molar-refractivity contribution in [3.05, 3.63) is 52.6 Å². The Labute approximate surface area is 142 Å². The fourth-order valence-corrected chi connectivity index (χ4v) is 4.26. The number of rotatable bonds is 2. The molecule has 4 nitrogen and oxygen atoms in total. The summed E-state index contributed by atoms with van der Waals surface area (Å²) in [5, 5.41) is 10.2. The number of aromatic hydroxyl groups is 1. The molecule has 2 aromatic rings. The Bertz CT molecular complexity index is 787. The van der Waals surface area contributed by atoms with Crippen LogP contribution in [0.15, 0.2) is 30.3 Å². The molecular weight excluding hydrogens is 302 g/mol. The largest absolute Gasteiger partial charge is 0.504 e. The van der Waals surface area contributed by atoms with Gasteiger partial charge >= 0.3 is 0 Å². The maximum atomic E-state index is 10.2. The summed E-state index contributed by atoms with van der Waals surface area (Å²) in [4.78, 5) is 2.53. The van der Waals surface area contributed by atoms with Crippen molar-refractivity contribution in [3.8, 4) is 17.2 Å². The standard InChI is InChI=1S/C20H23NO3/c1-12-7-14-9-20(24-3)18(22)10-15(14)17-8-13-5-4-6-19(23-2)16(13)11-21(12)17/h4-6,9-10,12,17,22H,7-8,11H2,1-3H3/t12-,17+/m1/s1. The van der Waals surface area contributed by atoms with Gasteiger partial charge in [-0.05, 0) is 54.7 Å². The topological polar surface area (TPSA) is 41.9 Å². The van der Waals surface area contributed by atoms with Crippen molar-refractivity contribution in [2.45, 2.75) is 38.4 Å². The van der Waals surface area contributed by atoms with E-state index in [1.807, 2.05) is 18.2 Å². The van der Waals surface area contributed by atoms with Gasteiger partial charge in [0, 0.05) is 24.2 Å². The first kappa shape index (κ1) is 15.3. The third-order valence-corrected chi connectivity index (χ3v) is 5.49. The van der Waals surface area contributed by atoms with Gasteiger partial charge in [0.05, 0.1) is 14.2 Å². The molecule has 2 aliphatic rings. The lowest BCUT2D eigenvalue weighted by atomic mass is 9.81. The van der Waals surface area contributed by atoms with E-state index in [-0.39, 0.29) is 5.75 Å². The summed E-state index contributed by atoms with van der Waals surface area (Å²) in [7, 11) is 3.34. The number of nitrogens with zero attached hydrogens (tertiary/aromatic N) is 1. The zero-order chi connectivity index (χ0) is 16.8. The monoisotopic (exact) mass is 325 g/mol. The van der Waals surface area contributed by atoms with Crippen LogP contribution in [-0.4, -0.2) is 30.3 Å². The first-order valence-electron chi connectivity index (χ1n) is 8.42. The second-order valence-corrected chi connectivity index (χ2v) is 6.77. The van der Waals surface area contributed by atoms with Gasteiger partial charge in [0.1, 0.15) is 5.75 Å². The normalized spacial score (nSPS) is 22.3. The van der Waals surface area contributed by atoms with Crippen molar-refractivity contribution in [2.75, 3.05) is 14.2 Å². The number of hydrogen-bond donors (Lipinski definition) is 1. The molecule has 1 N–H and O–H groups in total. The van der Waals surface area contributed by atoms with E-state index in [4.69, 9.17) is 9.47 Å². The Morgan fingerprint density at radius 1 is 1.04 bits per heavy atom. The van der Waals surface area contributed by atoms with Crippen molar-refractivity contribution in [1.82, 2.24) is 4.90 Å². The Balaban J connectivity index is 1.80. The van der Waals surface area contributed by atoms with Crippen molar-refractivity contribution < 1.29 is 14.6 Å². The highest BCUT2D eigenvalue weighted by atomic mass is 16.5. The second kappa shape index (κ2) is 5.71. The Morgan fingerprint density at radius 2 is 1.83 bits per heavy atom. The van der Waals surface area contributed by atoms with E-state index in [0.717, 1.165) is 25.1 Å². The molecule has 2 atom stereocenters. The lowest BCUT2D eigenvalue weighted by Crippen LogP contribution is -2.45. The molecule has 2 aromatic carbocycles. The maximum absolute atomic E-state index is 10.2. The summed E-state index contributed by atoms with van der Waals surface area (Å²) in [6.07, 6.45) is 1.91. The predicted octanol–water partition coefficient (Wildman–Crippen LogP) is 3.45. The summed E-state index contributed by atoms with van der Waals surface area (Å²) in [6.45, 7) is 3.16. The van der Waals surface area contributed by atoms with Crippen LogP contribution in [0.3, 0.4) is 0 Å². The molecule has 0 aromatic heterocycles. The summed E-state index contributed by atoms with van der Waals surface area (Å²) >= 11 is 0. The Morgan fingerprint density at radius 3 is 2.58 bits per heavy atom. The molecule has 0 aliphatic carbocycles. The van der Waals surface area contributed by atoms with Gasteiger partial charge in [-0.2, -0.15) is 0 Å². The van der Waals surface area contributed by atoms with E-state index in [1.165, 1.54) is 22.3 Å². The van der Waals surface area contributed by atoms with Gasteiger partial charge in [-0.15, -0.1) is 0 Å². The molecule has 2 aliphatic heterocycles. The lowest BCUT2D eigenvalue weighted by molar-refractivity contribution is 0.104. The minimum Gasteiger partial charge on any atom is -0.504 e. The van der Waals surface area contributed by atoms with Crippen molar-refractivity contribution >= 4 is 0 Å². The van der Waals surface area contributed by atoms with Gasteiger partial charge < -0.3 is 14.6 Å². The molecule has 0 bridgehead atoms. The van der Waals surface area contributed by atoms with Crippen molar-refractivity contribution in [1.29, 1.82) is 0 Å². The van der Waals surface area contributed by atoms with E-state index >= 15 is 0 Å². The molecule has 0 fully saturated rings. The quantitative estimate of drug-likeness (QED) is 0.918. The molecular formula is C20H23NO3. The first-order chi connectivity index (χ1) is 11.6. The molecule has 4 heteroatoms. The van der Waals surface area contributed by atoms with Crippen LogP contribution in [0.1, 0.15) is 35.2 Å². The van der Waals surface area contributed by atoms with Gasteiger partial charge in [0.15, 0.2) is 11.5 Å². The van der Waals surface area contributed by atoms with Crippen LogP contribution in [-0.2, 0) is 19.4 Å². The lowest BCUT2D eigenvalue weighted by Gasteiger charge is -2.45. The summed E-state index contributed by atoms with van der Waals surface area (Å²) < 4.78 is 10.9. The molecule has 0 amide bonds. The van der Waals surface area contributed by atoms with E-state index in [9.17, 15) is 5.11 Å². The van der Waals surface area contributed by atoms with Crippen LogP contribution in [0.5, 0.6) is 17.2 Å². The Hall–Kier alpha value is -2.20. The highest BCUT2D eigenvalue weighted by Crippen LogP contribution is 2.45. The predicted molar refractivity (Wildman–Crippen MR) is 92.8 cm³/mol. The van der Waals surface area contributed by atoms with E-state index in [1.54, 1.807) is 14.2 Å². The zero-order valence-electron chi connectivity index (χ0n) is 14.4. The number of fused-ring (bicyclic) bond motifs is 4. The summed E-state index contributed by atoms with van der Waals surface area (Å²) in [6, 6.07) is 10.9. The molecule has 0 radical (unpaired) electrons. The number of phenols is 1. The molecule has 2 heterocycles. The highest BCUT2D eigenvalue weighted by molar-refractivity contribution is 5.51. The number of methoxy groups -OCH3 is 2. The van der Waals surface area contributed by atoms with Gasteiger partial charge in [-0.25, -0.2) is 0 Å². The van der Waals surface area contributed by atoms with E-state index < -0.39 is 0 Å².